The van der Waals surface area contributed by atoms with Crippen LogP contribution in [0.5, 0.6) is 0 Å². The van der Waals surface area contributed by atoms with E-state index in [0.29, 0.717) is 5.92 Å². The molecular formula is C22H37FO4. The highest BCUT2D eigenvalue weighted by molar-refractivity contribution is 5.90. The largest absolute Gasteiger partial charge is 0.392 e. The number of carbonyl (C=O) groups excluding carboxylic acids is 1. The predicted molar refractivity (Wildman–Crippen MR) is 102 cm³/mol. The first kappa shape index (κ1) is 21.2. The van der Waals surface area contributed by atoms with Gasteiger partial charge in [0.25, 0.3) is 0 Å². The molecule has 3 rings (SSSR count). The highest BCUT2D eigenvalue weighted by Crippen LogP contribution is 2.66. The number of aliphatic hydroxyl groups excluding tert-OH is 1. The molecule has 2 unspecified atom stereocenters. The normalized spacial score (nSPS) is 50.6. The maximum atomic E-state index is 13.6. The number of aliphatic hydroxyl groups is 1. The number of halogens is 1. The summed E-state index contributed by atoms with van der Waals surface area (Å²) in [6.07, 6.45) is 4.59. The number of ether oxygens (including phenoxy) is 2. The SMILES string of the molecule is CO[C@@H]1CCCC23CC[C@@H](C)[C@](C)(C12)[C@H](O)C[C@@](C)(OCCF)C(=O)[C@@H]3C. The predicted octanol–water partition coefficient (Wildman–Crippen LogP) is 3.94. The summed E-state index contributed by atoms with van der Waals surface area (Å²) in [5.41, 5.74) is -1.67. The average Bonchev–Trinajstić information content (AvgIpc) is 2.66. The Morgan fingerprint density at radius 2 is 1.93 bits per heavy atom. The van der Waals surface area contributed by atoms with E-state index < -0.39 is 18.4 Å². The topological polar surface area (TPSA) is 55.8 Å². The zero-order valence-electron chi connectivity index (χ0n) is 17.6. The quantitative estimate of drug-likeness (QED) is 0.798. The highest BCUT2D eigenvalue weighted by Gasteiger charge is 2.66. The van der Waals surface area contributed by atoms with Gasteiger partial charge in [-0.15, -0.1) is 0 Å². The van der Waals surface area contributed by atoms with Crippen molar-refractivity contribution in [1.82, 2.24) is 0 Å². The van der Waals surface area contributed by atoms with E-state index in [1.165, 1.54) is 0 Å². The van der Waals surface area contributed by atoms with Crippen LogP contribution in [0.15, 0.2) is 0 Å². The lowest BCUT2D eigenvalue weighted by atomic mass is 9.40. The molecular weight excluding hydrogens is 347 g/mol. The molecule has 156 valence electrons. The molecule has 3 fully saturated rings. The highest BCUT2D eigenvalue weighted by atomic mass is 19.1. The second-order valence-electron chi connectivity index (χ2n) is 9.76. The molecule has 0 saturated heterocycles. The Hall–Kier alpha value is -0.520. The third kappa shape index (κ3) is 3.00. The average molecular weight is 385 g/mol. The van der Waals surface area contributed by atoms with E-state index in [1.54, 1.807) is 14.0 Å². The van der Waals surface area contributed by atoms with Crippen LogP contribution in [0.3, 0.4) is 0 Å². The van der Waals surface area contributed by atoms with Gasteiger partial charge in [0.2, 0.25) is 0 Å². The first-order chi connectivity index (χ1) is 12.7. The first-order valence-electron chi connectivity index (χ1n) is 10.6. The second kappa shape index (κ2) is 7.38. The Bertz CT molecular complexity index is 569. The number of methoxy groups -OCH3 is 1. The van der Waals surface area contributed by atoms with E-state index >= 15 is 0 Å². The van der Waals surface area contributed by atoms with E-state index in [0.717, 1.165) is 32.1 Å². The molecule has 0 amide bonds. The Labute approximate surface area is 163 Å². The molecule has 0 heterocycles. The number of alkyl halides is 1. The Morgan fingerprint density at radius 3 is 2.56 bits per heavy atom. The molecule has 0 aromatic heterocycles. The minimum Gasteiger partial charge on any atom is -0.392 e. The fourth-order valence-electron chi connectivity index (χ4n) is 7.02. The standard InChI is InChI=1S/C22H37FO4/c1-14-8-10-22-9-6-7-16(26-5)18(22)21(14,4)17(24)13-20(3,27-12-11-23)19(25)15(22)2/h14-18,24H,6-13H2,1-5H3/t14-,15+,16-,17-,18?,20-,21+,22?/m1/s1. The summed E-state index contributed by atoms with van der Waals surface area (Å²) in [4.78, 5) is 13.6. The molecule has 0 aromatic rings. The van der Waals surface area contributed by atoms with Gasteiger partial charge in [-0.1, -0.05) is 27.2 Å². The minimum absolute atomic E-state index is 0.0216. The van der Waals surface area contributed by atoms with Crippen molar-refractivity contribution in [1.29, 1.82) is 0 Å². The number of Topliss-reactive ketones (excluding diaryl/α,β-unsaturated/α-hetero) is 1. The summed E-state index contributed by atoms with van der Waals surface area (Å²) in [6.45, 7) is 7.48. The fraction of sp³-hybridized carbons (Fsp3) is 0.955. The summed E-state index contributed by atoms with van der Waals surface area (Å²) in [6, 6.07) is 0. The smallest absolute Gasteiger partial charge is 0.167 e. The van der Waals surface area contributed by atoms with Gasteiger partial charge in [0.05, 0.1) is 18.8 Å². The zero-order valence-corrected chi connectivity index (χ0v) is 17.6. The van der Waals surface area contributed by atoms with Crippen molar-refractivity contribution in [2.45, 2.75) is 84.0 Å². The van der Waals surface area contributed by atoms with Gasteiger partial charge < -0.3 is 14.6 Å². The van der Waals surface area contributed by atoms with E-state index in [9.17, 15) is 14.3 Å². The van der Waals surface area contributed by atoms with Gasteiger partial charge >= 0.3 is 0 Å². The molecule has 0 aromatic carbocycles. The number of ketones is 1. The van der Waals surface area contributed by atoms with Crippen molar-refractivity contribution >= 4 is 5.78 Å². The van der Waals surface area contributed by atoms with E-state index in [2.05, 4.69) is 13.8 Å². The van der Waals surface area contributed by atoms with Gasteiger partial charge in [0.1, 0.15) is 12.3 Å². The van der Waals surface area contributed by atoms with Gasteiger partial charge in [0, 0.05) is 24.9 Å². The van der Waals surface area contributed by atoms with Crippen LogP contribution >= 0.6 is 0 Å². The summed E-state index contributed by atoms with van der Waals surface area (Å²) < 4.78 is 24.6. The molecule has 1 N–H and O–H groups in total. The maximum Gasteiger partial charge on any atom is 0.167 e. The molecule has 27 heavy (non-hydrogen) atoms. The van der Waals surface area contributed by atoms with Gasteiger partial charge in [-0.05, 0) is 49.9 Å². The van der Waals surface area contributed by atoms with Crippen LogP contribution in [0.2, 0.25) is 0 Å². The monoisotopic (exact) mass is 384 g/mol. The second-order valence-corrected chi connectivity index (χ2v) is 9.76. The van der Waals surface area contributed by atoms with Crippen molar-refractivity contribution < 1.29 is 23.8 Å². The van der Waals surface area contributed by atoms with E-state index in [4.69, 9.17) is 9.47 Å². The van der Waals surface area contributed by atoms with Crippen molar-refractivity contribution in [3.8, 4) is 0 Å². The molecule has 5 heteroatoms. The molecule has 2 bridgehead atoms. The molecule has 8 atom stereocenters. The molecule has 3 aliphatic rings. The first-order valence-corrected chi connectivity index (χ1v) is 10.6. The van der Waals surface area contributed by atoms with Crippen molar-refractivity contribution in [3.05, 3.63) is 0 Å². The fourth-order valence-corrected chi connectivity index (χ4v) is 7.02. The third-order valence-corrected chi connectivity index (χ3v) is 8.78. The lowest BCUT2D eigenvalue weighted by Gasteiger charge is -2.65. The van der Waals surface area contributed by atoms with Crippen molar-refractivity contribution in [2.75, 3.05) is 20.4 Å². The van der Waals surface area contributed by atoms with Crippen LogP contribution in [-0.2, 0) is 14.3 Å². The summed E-state index contributed by atoms with van der Waals surface area (Å²) in [5, 5.41) is 11.5. The van der Waals surface area contributed by atoms with Crippen LogP contribution < -0.4 is 0 Å². The van der Waals surface area contributed by atoms with E-state index in [1.807, 2.05) is 6.92 Å². The van der Waals surface area contributed by atoms with E-state index in [-0.39, 0.29) is 47.6 Å². The lowest BCUT2D eigenvalue weighted by molar-refractivity contribution is -0.233. The molecule has 0 spiro atoms. The lowest BCUT2D eigenvalue weighted by Crippen LogP contribution is -2.67. The maximum absolute atomic E-state index is 13.6. The zero-order chi connectivity index (χ0) is 20.0. The van der Waals surface area contributed by atoms with Gasteiger partial charge in [-0.25, -0.2) is 4.39 Å². The molecule has 0 aliphatic heterocycles. The van der Waals surface area contributed by atoms with Crippen LogP contribution in [0.4, 0.5) is 4.39 Å². The van der Waals surface area contributed by atoms with Crippen LogP contribution in [0.1, 0.15) is 66.2 Å². The molecule has 4 nitrogen and oxygen atoms in total. The Kier molecular flexibility index (Phi) is 5.80. The van der Waals surface area contributed by atoms with Gasteiger partial charge in [-0.2, -0.15) is 0 Å². The summed E-state index contributed by atoms with van der Waals surface area (Å²) in [5.74, 6) is 0.303. The van der Waals surface area contributed by atoms with Crippen molar-refractivity contribution in [3.63, 3.8) is 0 Å². The van der Waals surface area contributed by atoms with Crippen LogP contribution in [-0.4, -0.2) is 49.1 Å². The molecule has 3 aliphatic carbocycles. The molecule has 0 radical (unpaired) electrons. The number of carbonyl (C=O) groups is 1. The third-order valence-electron chi connectivity index (χ3n) is 8.78. The van der Waals surface area contributed by atoms with Crippen molar-refractivity contribution in [2.24, 2.45) is 28.6 Å². The number of rotatable bonds is 4. The number of hydrogen-bond donors (Lipinski definition) is 1. The Balaban J connectivity index is 2.14. The van der Waals surface area contributed by atoms with Crippen LogP contribution in [0.25, 0.3) is 0 Å². The summed E-state index contributed by atoms with van der Waals surface area (Å²) >= 11 is 0. The summed E-state index contributed by atoms with van der Waals surface area (Å²) in [7, 11) is 1.76. The van der Waals surface area contributed by atoms with Gasteiger partial charge in [-0.3, -0.25) is 4.79 Å². The van der Waals surface area contributed by atoms with Crippen LogP contribution in [0, 0.1) is 28.6 Å². The van der Waals surface area contributed by atoms with Gasteiger partial charge in [0.15, 0.2) is 5.78 Å². The number of hydrogen-bond acceptors (Lipinski definition) is 4. The minimum atomic E-state index is -1.14. The molecule has 3 saturated carbocycles. The Morgan fingerprint density at radius 1 is 1.22 bits per heavy atom.